The summed E-state index contributed by atoms with van der Waals surface area (Å²) in [6, 6.07) is 0. The Morgan fingerprint density at radius 2 is 2.00 bits per heavy atom. The molecule has 0 radical (unpaired) electrons. The largest absolute Gasteiger partial charge is 0.481 e. The first-order valence-corrected chi connectivity index (χ1v) is 7.93. The molecule has 0 aromatic rings. The Balaban J connectivity index is 1.72. The number of piperidine rings is 1. The molecule has 1 heterocycles. The number of nitrogens with zero attached hydrogens (tertiary/aromatic N) is 1. The first-order chi connectivity index (χ1) is 10.1. The average Bonchev–Trinajstić information content (AvgIpc) is 3.07. The van der Waals surface area contributed by atoms with Crippen molar-refractivity contribution in [2.24, 2.45) is 23.7 Å². The molecule has 1 amide bonds. The van der Waals surface area contributed by atoms with Crippen LogP contribution in [0, 0.1) is 23.7 Å². The highest BCUT2D eigenvalue weighted by atomic mass is 16.5. The Morgan fingerprint density at radius 3 is 2.67 bits per heavy atom. The van der Waals surface area contributed by atoms with E-state index in [0.717, 1.165) is 25.8 Å². The number of allylic oxidation sites excluding steroid dienone is 2. The monoisotopic (exact) mass is 293 g/mol. The number of rotatable bonds is 4. The Morgan fingerprint density at radius 1 is 1.29 bits per heavy atom. The lowest BCUT2D eigenvalue weighted by atomic mass is 9.81. The number of amides is 1. The molecule has 1 aliphatic heterocycles. The molecule has 3 unspecified atom stereocenters. The fourth-order valence-corrected chi connectivity index (χ4v) is 4.22. The summed E-state index contributed by atoms with van der Waals surface area (Å²) in [5.41, 5.74) is 0. The summed E-state index contributed by atoms with van der Waals surface area (Å²) in [6.07, 6.45) is 6.85. The fraction of sp³-hybridized carbons (Fsp3) is 0.750. The van der Waals surface area contributed by atoms with Gasteiger partial charge in [0.2, 0.25) is 5.91 Å². The molecule has 1 saturated heterocycles. The summed E-state index contributed by atoms with van der Waals surface area (Å²) in [5.74, 6) is -1.59. The molecule has 116 valence electrons. The van der Waals surface area contributed by atoms with E-state index in [9.17, 15) is 14.7 Å². The Labute approximate surface area is 124 Å². The van der Waals surface area contributed by atoms with Crippen LogP contribution in [0.3, 0.4) is 0 Å². The molecule has 0 aromatic heterocycles. The average molecular weight is 293 g/mol. The molecule has 3 rings (SSSR count). The summed E-state index contributed by atoms with van der Waals surface area (Å²) in [7, 11) is 0. The van der Waals surface area contributed by atoms with Gasteiger partial charge in [0.25, 0.3) is 0 Å². The molecule has 3 aliphatic rings. The van der Waals surface area contributed by atoms with Crippen LogP contribution in [-0.2, 0) is 14.3 Å². The summed E-state index contributed by atoms with van der Waals surface area (Å²) < 4.78 is 5.64. The molecule has 5 atom stereocenters. The third-order valence-corrected chi connectivity index (χ3v) is 5.12. The van der Waals surface area contributed by atoms with E-state index in [1.54, 1.807) is 0 Å². The SMILES string of the molecule is CCOC1CCCN(C(=O)[C@H]2C3C=CC(C3)[C@H]2C(=O)O)C1. The number of carbonyl (C=O) groups is 2. The molecular formula is C16H23NO4. The van der Waals surface area contributed by atoms with Crippen LogP contribution >= 0.6 is 0 Å². The first kappa shape index (κ1) is 14.6. The van der Waals surface area contributed by atoms with E-state index in [4.69, 9.17) is 4.74 Å². The van der Waals surface area contributed by atoms with Gasteiger partial charge >= 0.3 is 5.97 Å². The van der Waals surface area contributed by atoms with Crippen molar-refractivity contribution in [3.63, 3.8) is 0 Å². The van der Waals surface area contributed by atoms with Gasteiger partial charge in [-0.05, 0) is 38.0 Å². The highest BCUT2D eigenvalue weighted by Crippen LogP contribution is 2.48. The van der Waals surface area contributed by atoms with Gasteiger partial charge in [-0.25, -0.2) is 0 Å². The van der Waals surface area contributed by atoms with E-state index in [2.05, 4.69) is 0 Å². The van der Waals surface area contributed by atoms with E-state index in [1.807, 2.05) is 24.0 Å². The maximum atomic E-state index is 12.8. The highest BCUT2D eigenvalue weighted by molar-refractivity contribution is 5.87. The maximum Gasteiger partial charge on any atom is 0.307 e. The Kier molecular flexibility index (Phi) is 4.02. The second-order valence-corrected chi connectivity index (χ2v) is 6.34. The zero-order chi connectivity index (χ0) is 15.0. The first-order valence-electron chi connectivity index (χ1n) is 7.93. The molecular weight excluding hydrogens is 270 g/mol. The number of carbonyl (C=O) groups excluding carboxylic acids is 1. The predicted molar refractivity (Wildman–Crippen MR) is 76.6 cm³/mol. The molecule has 5 nitrogen and oxygen atoms in total. The minimum Gasteiger partial charge on any atom is -0.481 e. The van der Waals surface area contributed by atoms with Crippen molar-refractivity contribution < 1.29 is 19.4 Å². The second-order valence-electron chi connectivity index (χ2n) is 6.34. The smallest absolute Gasteiger partial charge is 0.307 e. The van der Waals surface area contributed by atoms with Gasteiger partial charge in [-0.3, -0.25) is 9.59 Å². The molecule has 2 fully saturated rings. The molecule has 0 aromatic carbocycles. The van der Waals surface area contributed by atoms with E-state index in [1.165, 1.54) is 0 Å². The number of likely N-dealkylation sites (tertiary alicyclic amines) is 1. The summed E-state index contributed by atoms with van der Waals surface area (Å²) in [5, 5.41) is 9.46. The van der Waals surface area contributed by atoms with Crippen molar-refractivity contribution >= 4 is 11.9 Å². The van der Waals surface area contributed by atoms with Crippen LogP contribution < -0.4 is 0 Å². The van der Waals surface area contributed by atoms with Crippen molar-refractivity contribution in [3.8, 4) is 0 Å². The van der Waals surface area contributed by atoms with Crippen molar-refractivity contribution in [2.45, 2.75) is 32.3 Å². The molecule has 1 N–H and O–H groups in total. The number of hydrogen-bond donors (Lipinski definition) is 1. The molecule has 5 heteroatoms. The molecule has 2 bridgehead atoms. The lowest BCUT2D eigenvalue weighted by Crippen LogP contribution is -2.48. The van der Waals surface area contributed by atoms with Crippen molar-refractivity contribution in [1.82, 2.24) is 4.90 Å². The second kappa shape index (κ2) is 5.79. The Hall–Kier alpha value is -1.36. The third kappa shape index (κ3) is 2.59. The van der Waals surface area contributed by atoms with Crippen LogP contribution in [0.1, 0.15) is 26.2 Å². The van der Waals surface area contributed by atoms with Gasteiger partial charge in [-0.2, -0.15) is 0 Å². The fourth-order valence-electron chi connectivity index (χ4n) is 4.22. The lowest BCUT2D eigenvalue weighted by molar-refractivity contribution is -0.152. The van der Waals surface area contributed by atoms with Gasteiger partial charge in [0.15, 0.2) is 0 Å². The number of carboxylic acid groups (broad SMARTS) is 1. The standard InChI is InChI=1S/C16H23NO4/c1-2-21-12-4-3-7-17(9-12)15(18)13-10-5-6-11(8-10)14(13)16(19)20/h5-6,10-14H,2-4,7-9H2,1H3,(H,19,20)/t10?,11?,12?,13-,14+/m0/s1. The quantitative estimate of drug-likeness (QED) is 0.798. The minimum atomic E-state index is -0.830. The lowest BCUT2D eigenvalue weighted by Gasteiger charge is -2.36. The third-order valence-electron chi connectivity index (χ3n) is 5.12. The van der Waals surface area contributed by atoms with Gasteiger partial charge in [-0.15, -0.1) is 0 Å². The van der Waals surface area contributed by atoms with Crippen LogP contribution in [0.2, 0.25) is 0 Å². The summed E-state index contributed by atoms with van der Waals surface area (Å²) in [6.45, 7) is 3.95. The minimum absolute atomic E-state index is 0.0173. The van der Waals surface area contributed by atoms with Crippen LogP contribution in [0.15, 0.2) is 12.2 Å². The molecule has 21 heavy (non-hydrogen) atoms. The van der Waals surface area contributed by atoms with E-state index in [0.29, 0.717) is 13.2 Å². The number of carboxylic acids is 1. The number of fused-ring (bicyclic) bond motifs is 2. The maximum absolute atomic E-state index is 12.8. The van der Waals surface area contributed by atoms with Crippen LogP contribution in [-0.4, -0.2) is 47.7 Å². The van der Waals surface area contributed by atoms with Crippen LogP contribution in [0.4, 0.5) is 0 Å². The van der Waals surface area contributed by atoms with Crippen molar-refractivity contribution in [1.29, 1.82) is 0 Å². The summed E-state index contributed by atoms with van der Waals surface area (Å²) in [4.78, 5) is 26.2. The van der Waals surface area contributed by atoms with E-state index in [-0.39, 0.29) is 29.8 Å². The van der Waals surface area contributed by atoms with Gasteiger partial charge in [-0.1, -0.05) is 12.2 Å². The number of aliphatic carboxylic acids is 1. The Bertz CT molecular complexity index is 459. The normalized spacial score (nSPS) is 38.0. The van der Waals surface area contributed by atoms with Crippen LogP contribution in [0.5, 0.6) is 0 Å². The number of ether oxygens (including phenoxy) is 1. The van der Waals surface area contributed by atoms with Gasteiger partial charge in [0.1, 0.15) is 0 Å². The number of hydrogen-bond acceptors (Lipinski definition) is 3. The topological polar surface area (TPSA) is 66.8 Å². The van der Waals surface area contributed by atoms with Gasteiger partial charge in [0, 0.05) is 19.7 Å². The van der Waals surface area contributed by atoms with Gasteiger partial charge < -0.3 is 14.7 Å². The summed E-state index contributed by atoms with van der Waals surface area (Å²) >= 11 is 0. The van der Waals surface area contributed by atoms with Crippen LogP contribution in [0.25, 0.3) is 0 Å². The molecule has 1 saturated carbocycles. The van der Waals surface area contributed by atoms with E-state index >= 15 is 0 Å². The van der Waals surface area contributed by atoms with Gasteiger partial charge in [0.05, 0.1) is 17.9 Å². The molecule has 0 spiro atoms. The highest BCUT2D eigenvalue weighted by Gasteiger charge is 2.52. The molecule has 2 aliphatic carbocycles. The predicted octanol–water partition coefficient (Wildman–Crippen LogP) is 1.54. The van der Waals surface area contributed by atoms with Crippen molar-refractivity contribution in [3.05, 3.63) is 12.2 Å². The zero-order valence-corrected chi connectivity index (χ0v) is 12.4. The van der Waals surface area contributed by atoms with E-state index < -0.39 is 11.9 Å². The zero-order valence-electron chi connectivity index (χ0n) is 12.4. The van der Waals surface area contributed by atoms with Crippen molar-refractivity contribution in [2.75, 3.05) is 19.7 Å².